The van der Waals surface area contributed by atoms with Crippen molar-refractivity contribution < 1.29 is 19.7 Å². The van der Waals surface area contributed by atoms with E-state index < -0.39 is 12.1 Å². The summed E-state index contributed by atoms with van der Waals surface area (Å²) in [6.07, 6.45) is -0.743. The first-order valence-electron chi connectivity index (χ1n) is 4.97. The largest absolute Gasteiger partial charge is 0.479 e. The van der Waals surface area contributed by atoms with Gasteiger partial charge in [-0.3, -0.25) is 0 Å². The Morgan fingerprint density at radius 1 is 1.44 bits per heavy atom. The van der Waals surface area contributed by atoms with Crippen LogP contribution in [0, 0.1) is 0 Å². The molecule has 0 fully saturated rings. The van der Waals surface area contributed by atoms with Crippen molar-refractivity contribution in [2.24, 2.45) is 5.73 Å². The number of carboxylic acids is 1. The van der Waals surface area contributed by atoms with Crippen LogP contribution in [0.15, 0.2) is 24.3 Å². The fourth-order valence-corrected chi connectivity index (χ4v) is 1.29. The summed E-state index contributed by atoms with van der Waals surface area (Å²) in [7, 11) is 0. The Morgan fingerprint density at radius 3 is 2.69 bits per heavy atom. The quantitative estimate of drug-likeness (QED) is 0.650. The van der Waals surface area contributed by atoms with E-state index in [-0.39, 0.29) is 19.6 Å². The number of para-hydroxylation sites is 1. The topological polar surface area (TPSA) is 92.8 Å². The molecule has 0 saturated carbocycles. The number of ether oxygens (including phenoxy) is 1. The van der Waals surface area contributed by atoms with Crippen LogP contribution in [0.4, 0.5) is 0 Å². The molecule has 0 bridgehead atoms. The second kappa shape index (κ2) is 6.09. The molecule has 1 aromatic carbocycles. The Hall–Kier alpha value is -1.59. The molecule has 0 aliphatic rings. The third-order valence-electron chi connectivity index (χ3n) is 2.12. The maximum Gasteiger partial charge on any atom is 0.344 e. The highest BCUT2D eigenvalue weighted by Crippen LogP contribution is 2.19. The fourth-order valence-electron chi connectivity index (χ4n) is 1.29. The first kappa shape index (κ1) is 12.5. The van der Waals surface area contributed by atoms with Crippen LogP contribution in [0.2, 0.25) is 0 Å². The number of aliphatic hydroxyl groups is 1. The number of nitrogens with two attached hydrogens (primary N) is 1. The number of benzene rings is 1. The van der Waals surface area contributed by atoms with E-state index in [0.717, 1.165) is 0 Å². The smallest absolute Gasteiger partial charge is 0.344 e. The minimum Gasteiger partial charge on any atom is -0.479 e. The summed E-state index contributed by atoms with van der Waals surface area (Å²) in [5, 5.41) is 17.9. The Morgan fingerprint density at radius 2 is 2.12 bits per heavy atom. The maximum atomic E-state index is 10.9. The lowest BCUT2D eigenvalue weighted by Gasteiger charge is -2.16. The number of aliphatic carboxylic acids is 1. The first-order chi connectivity index (χ1) is 7.69. The summed E-state index contributed by atoms with van der Waals surface area (Å²) in [5.41, 5.74) is 5.86. The number of hydrogen-bond donors (Lipinski definition) is 3. The molecule has 16 heavy (non-hydrogen) atoms. The number of carbonyl (C=O) groups is 1. The van der Waals surface area contributed by atoms with E-state index in [1.54, 1.807) is 24.3 Å². The van der Waals surface area contributed by atoms with E-state index in [0.29, 0.717) is 11.3 Å². The summed E-state index contributed by atoms with van der Waals surface area (Å²) in [6, 6.07) is 6.77. The van der Waals surface area contributed by atoms with Crippen molar-refractivity contribution in [1.29, 1.82) is 0 Å². The molecule has 88 valence electrons. The standard InChI is InChI=1S/C11H15NO4/c12-6-5-10(11(14)15)16-9-4-2-1-3-8(9)7-13/h1-4,10,13H,5-7,12H2,(H,14,15). The zero-order valence-electron chi connectivity index (χ0n) is 8.80. The molecule has 4 N–H and O–H groups in total. The highest BCUT2D eigenvalue weighted by Gasteiger charge is 2.19. The number of hydrogen-bond acceptors (Lipinski definition) is 4. The molecule has 1 aromatic rings. The van der Waals surface area contributed by atoms with Gasteiger partial charge < -0.3 is 20.7 Å². The monoisotopic (exact) mass is 225 g/mol. The molecule has 0 saturated heterocycles. The molecule has 0 aliphatic carbocycles. The highest BCUT2D eigenvalue weighted by atomic mass is 16.5. The van der Waals surface area contributed by atoms with Crippen molar-refractivity contribution in [3.63, 3.8) is 0 Å². The van der Waals surface area contributed by atoms with Gasteiger partial charge in [0, 0.05) is 12.0 Å². The minimum absolute atomic E-state index is 0.189. The van der Waals surface area contributed by atoms with Crippen LogP contribution in [0.1, 0.15) is 12.0 Å². The van der Waals surface area contributed by atoms with E-state index >= 15 is 0 Å². The van der Waals surface area contributed by atoms with Gasteiger partial charge >= 0.3 is 5.97 Å². The SMILES string of the molecule is NCCC(Oc1ccccc1CO)C(=O)O. The van der Waals surface area contributed by atoms with E-state index in [9.17, 15) is 4.79 Å². The molecule has 1 atom stereocenters. The Balaban J connectivity index is 2.80. The van der Waals surface area contributed by atoms with Crippen LogP contribution in [-0.4, -0.2) is 28.8 Å². The van der Waals surface area contributed by atoms with E-state index in [4.69, 9.17) is 20.7 Å². The summed E-state index contributed by atoms with van der Waals surface area (Å²) in [6.45, 7) is 0.0450. The molecular formula is C11H15NO4. The molecule has 0 spiro atoms. The van der Waals surface area contributed by atoms with Gasteiger partial charge in [-0.15, -0.1) is 0 Å². The van der Waals surface area contributed by atoms with Gasteiger partial charge in [-0.2, -0.15) is 0 Å². The maximum absolute atomic E-state index is 10.9. The molecule has 0 amide bonds. The molecule has 0 aromatic heterocycles. The van der Waals surface area contributed by atoms with Gasteiger partial charge in [-0.25, -0.2) is 4.79 Å². The zero-order valence-corrected chi connectivity index (χ0v) is 8.80. The van der Waals surface area contributed by atoms with Crippen LogP contribution in [-0.2, 0) is 11.4 Å². The molecule has 1 rings (SSSR count). The Labute approximate surface area is 93.5 Å². The summed E-state index contributed by atoms with van der Waals surface area (Å²) >= 11 is 0. The summed E-state index contributed by atoms with van der Waals surface area (Å²) in [5.74, 6) is -0.677. The average Bonchev–Trinajstić information content (AvgIpc) is 2.29. The van der Waals surface area contributed by atoms with Crippen molar-refractivity contribution in [3.05, 3.63) is 29.8 Å². The predicted octanol–water partition coefficient (Wildman–Crippen LogP) is 0.360. The predicted molar refractivity (Wildman–Crippen MR) is 58.1 cm³/mol. The zero-order chi connectivity index (χ0) is 12.0. The van der Waals surface area contributed by atoms with Gasteiger partial charge in [0.25, 0.3) is 0 Å². The van der Waals surface area contributed by atoms with Gasteiger partial charge in [-0.05, 0) is 12.6 Å². The van der Waals surface area contributed by atoms with E-state index in [2.05, 4.69) is 0 Å². The number of aliphatic hydroxyl groups excluding tert-OH is 1. The van der Waals surface area contributed by atoms with Crippen molar-refractivity contribution in [2.45, 2.75) is 19.1 Å². The molecular weight excluding hydrogens is 210 g/mol. The summed E-state index contributed by atoms with van der Waals surface area (Å²) in [4.78, 5) is 10.9. The van der Waals surface area contributed by atoms with Crippen LogP contribution in [0.5, 0.6) is 5.75 Å². The van der Waals surface area contributed by atoms with Gasteiger partial charge in [0.2, 0.25) is 0 Å². The van der Waals surface area contributed by atoms with Crippen molar-refractivity contribution in [3.8, 4) is 5.75 Å². The first-order valence-corrected chi connectivity index (χ1v) is 4.97. The lowest BCUT2D eigenvalue weighted by molar-refractivity contribution is -0.145. The lowest BCUT2D eigenvalue weighted by Crippen LogP contribution is -2.29. The van der Waals surface area contributed by atoms with E-state index in [1.165, 1.54) is 0 Å². The highest BCUT2D eigenvalue weighted by molar-refractivity contribution is 5.72. The lowest BCUT2D eigenvalue weighted by atomic mass is 10.2. The number of rotatable bonds is 6. The molecule has 1 unspecified atom stereocenters. The Kier molecular flexibility index (Phi) is 4.75. The number of carboxylic acid groups (broad SMARTS) is 1. The Bertz CT molecular complexity index is 354. The third-order valence-corrected chi connectivity index (χ3v) is 2.12. The van der Waals surface area contributed by atoms with Crippen LogP contribution in [0.25, 0.3) is 0 Å². The van der Waals surface area contributed by atoms with Crippen molar-refractivity contribution >= 4 is 5.97 Å². The van der Waals surface area contributed by atoms with Gasteiger partial charge in [-0.1, -0.05) is 18.2 Å². The van der Waals surface area contributed by atoms with Crippen LogP contribution in [0.3, 0.4) is 0 Å². The van der Waals surface area contributed by atoms with Gasteiger partial charge in [0.1, 0.15) is 5.75 Å². The molecule has 0 aliphatic heterocycles. The van der Waals surface area contributed by atoms with E-state index in [1.807, 2.05) is 0 Å². The molecule has 0 radical (unpaired) electrons. The van der Waals surface area contributed by atoms with Crippen LogP contribution < -0.4 is 10.5 Å². The molecule has 5 heteroatoms. The average molecular weight is 225 g/mol. The van der Waals surface area contributed by atoms with Crippen molar-refractivity contribution in [2.75, 3.05) is 6.54 Å². The third kappa shape index (κ3) is 3.22. The van der Waals surface area contributed by atoms with Gasteiger partial charge in [0.05, 0.1) is 6.61 Å². The normalized spacial score (nSPS) is 12.1. The molecule has 0 heterocycles. The fraction of sp³-hybridized carbons (Fsp3) is 0.364. The summed E-state index contributed by atoms with van der Waals surface area (Å²) < 4.78 is 5.30. The van der Waals surface area contributed by atoms with Crippen LogP contribution >= 0.6 is 0 Å². The molecule has 5 nitrogen and oxygen atoms in total. The minimum atomic E-state index is -1.06. The second-order valence-electron chi connectivity index (χ2n) is 3.29. The van der Waals surface area contributed by atoms with Crippen molar-refractivity contribution in [1.82, 2.24) is 0 Å². The second-order valence-corrected chi connectivity index (χ2v) is 3.29. The van der Waals surface area contributed by atoms with Gasteiger partial charge in [0.15, 0.2) is 6.10 Å².